The number of piperazine rings is 1. The normalized spacial score (nSPS) is 14.1. The molecule has 9 heteroatoms. The Morgan fingerprint density at radius 3 is 2.20 bits per heavy atom. The summed E-state index contributed by atoms with van der Waals surface area (Å²) in [5, 5.41) is 8.62. The van der Waals surface area contributed by atoms with Gasteiger partial charge in [0.05, 0.1) is 11.7 Å². The van der Waals surface area contributed by atoms with Gasteiger partial charge >= 0.3 is 0 Å². The van der Waals surface area contributed by atoms with E-state index in [1.165, 1.54) is 35.2 Å². The van der Waals surface area contributed by atoms with Crippen LogP contribution in [0, 0.1) is 11.6 Å². The van der Waals surface area contributed by atoms with Crippen LogP contribution < -0.4 is 4.90 Å². The molecule has 0 bridgehead atoms. The molecule has 1 atom stereocenters. The highest BCUT2D eigenvalue weighted by molar-refractivity contribution is 5.96. The number of carbonyl (C=O) groups is 2. The number of rotatable bonds is 7. The molecule has 4 aromatic rings. The van der Waals surface area contributed by atoms with E-state index >= 15 is 0 Å². The third-order valence-corrected chi connectivity index (χ3v) is 7.13. The second-order valence-corrected chi connectivity index (χ2v) is 9.68. The first-order chi connectivity index (χ1) is 19.4. The van der Waals surface area contributed by atoms with Gasteiger partial charge in [0, 0.05) is 37.3 Å². The van der Waals surface area contributed by atoms with Crippen molar-refractivity contribution >= 4 is 17.6 Å². The van der Waals surface area contributed by atoms with Gasteiger partial charge in [-0.3, -0.25) is 9.59 Å². The van der Waals surface area contributed by atoms with E-state index in [1.54, 1.807) is 23.1 Å². The van der Waals surface area contributed by atoms with Gasteiger partial charge in [-0.05, 0) is 67.1 Å². The first-order valence-corrected chi connectivity index (χ1v) is 13.1. The van der Waals surface area contributed by atoms with Gasteiger partial charge in [-0.2, -0.15) is 0 Å². The SMILES string of the molecule is C[C@@H](c1ccccc1)N(CC(=O)N1CCN(c2ccc(-c3ccc(F)cc3)nn2)CC1)C(=O)c1cccc(F)c1. The largest absolute Gasteiger partial charge is 0.352 e. The fourth-order valence-electron chi connectivity index (χ4n) is 4.78. The van der Waals surface area contributed by atoms with E-state index in [0.717, 1.165) is 11.1 Å². The average Bonchev–Trinajstić information content (AvgIpc) is 3.00. The zero-order valence-electron chi connectivity index (χ0n) is 22.1. The predicted octanol–water partition coefficient (Wildman–Crippen LogP) is 4.97. The molecule has 1 aliphatic rings. The molecule has 5 rings (SSSR count). The fraction of sp³-hybridized carbons (Fsp3) is 0.226. The van der Waals surface area contributed by atoms with Gasteiger partial charge in [0.1, 0.15) is 18.2 Å². The molecule has 204 valence electrons. The minimum atomic E-state index is -0.505. The van der Waals surface area contributed by atoms with Crippen LogP contribution in [0.3, 0.4) is 0 Å². The van der Waals surface area contributed by atoms with Crippen molar-refractivity contribution in [1.82, 2.24) is 20.0 Å². The summed E-state index contributed by atoms with van der Waals surface area (Å²) in [6.45, 7) is 3.78. The zero-order chi connectivity index (χ0) is 28.1. The quantitative estimate of drug-likeness (QED) is 0.330. The molecule has 7 nitrogen and oxygen atoms in total. The van der Waals surface area contributed by atoms with Gasteiger partial charge in [-0.1, -0.05) is 36.4 Å². The van der Waals surface area contributed by atoms with Crippen LogP contribution >= 0.6 is 0 Å². The Morgan fingerprint density at radius 2 is 1.55 bits per heavy atom. The molecule has 0 saturated carbocycles. The molecule has 1 aliphatic heterocycles. The van der Waals surface area contributed by atoms with Crippen molar-refractivity contribution in [1.29, 1.82) is 0 Å². The highest BCUT2D eigenvalue weighted by Gasteiger charge is 2.29. The minimum absolute atomic E-state index is 0.127. The standard InChI is InChI=1S/C31H29F2N5O2/c1-22(23-6-3-2-4-7-23)38(31(40)25-8-5-9-27(33)20-25)21-30(39)37-18-16-36(17-19-37)29-15-14-28(34-35-29)24-10-12-26(32)13-11-24/h2-15,20,22H,16-19,21H2,1H3/t22-/m0/s1. The van der Waals surface area contributed by atoms with Crippen LogP contribution in [0.5, 0.6) is 0 Å². The molecule has 0 radical (unpaired) electrons. The molecule has 2 heterocycles. The zero-order valence-corrected chi connectivity index (χ0v) is 22.1. The highest BCUT2D eigenvalue weighted by atomic mass is 19.1. The van der Waals surface area contributed by atoms with Crippen molar-refractivity contribution in [3.8, 4) is 11.3 Å². The third-order valence-electron chi connectivity index (χ3n) is 7.13. The summed E-state index contributed by atoms with van der Waals surface area (Å²) in [7, 11) is 0. The van der Waals surface area contributed by atoms with Gasteiger partial charge in [0.15, 0.2) is 5.82 Å². The Hall–Kier alpha value is -4.66. The molecule has 40 heavy (non-hydrogen) atoms. The number of anilines is 1. The maximum Gasteiger partial charge on any atom is 0.254 e. The monoisotopic (exact) mass is 541 g/mol. The number of carbonyl (C=O) groups excluding carboxylic acids is 2. The summed E-state index contributed by atoms with van der Waals surface area (Å²) in [5.41, 5.74) is 2.50. The summed E-state index contributed by atoms with van der Waals surface area (Å²) in [6.07, 6.45) is 0. The molecule has 3 aromatic carbocycles. The number of halogens is 2. The lowest BCUT2D eigenvalue weighted by Gasteiger charge is -2.37. The van der Waals surface area contributed by atoms with E-state index < -0.39 is 17.8 Å². The van der Waals surface area contributed by atoms with Crippen LogP contribution in [0.4, 0.5) is 14.6 Å². The van der Waals surface area contributed by atoms with Gasteiger partial charge in [0.2, 0.25) is 5.91 Å². The summed E-state index contributed by atoms with van der Waals surface area (Å²) >= 11 is 0. The molecule has 1 saturated heterocycles. The molecule has 2 amide bonds. The minimum Gasteiger partial charge on any atom is -0.352 e. The second-order valence-electron chi connectivity index (χ2n) is 9.68. The van der Waals surface area contributed by atoms with E-state index in [9.17, 15) is 18.4 Å². The van der Waals surface area contributed by atoms with Crippen molar-refractivity contribution in [2.75, 3.05) is 37.6 Å². The molecular weight excluding hydrogens is 512 g/mol. The molecule has 0 spiro atoms. The number of benzene rings is 3. The lowest BCUT2D eigenvalue weighted by molar-refractivity contribution is -0.132. The number of aromatic nitrogens is 2. The van der Waals surface area contributed by atoms with E-state index in [2.05, 4.69) is 10.2 Å². The van der Waals surface area contributed by atoms with E-state index in [1.807, 2.05) is 54.3 Å². The fourth-order valence-corrected chi connectivity index (χ4v) is 4.78. The first kappa shape index (κ1) is 26.9. The van der Waals surface area contributed by atoms with E-state index in [4.69, 9.17) is 0 Å². The summed E-state index contributed by atoms with van der Waals surface area (Å²) in [5.74, 6) is -0.700. The van der Waals surface area contributed by atoms with Crippen molar-refractivity contribution < 1.29 is 18.4 Å². The number of hydrogen-bond acceptors (Lipinski definition) is 5. The smallest absolute Gasteiger partial charge is 0.254 e. The van der Waals surface area contributed by atoms with Crippen LogP contribution in [0.25, 0.3) is 11.3 Å². The Balaban J connectivity index is 1.25. The molecular formula is C31H29F2N5O2. The second kappa shape index (κ2) is 12.0. The van der Waals surface area contributed by atoms with Gasteiger partial charge in [-0.25, -0.2) is 8.78 Å². The maximum atomic E-state index is 13.9. The highest BCUT2D eigenvalue weighted by Crippen LogP contribution is 2.24. The Labute approximate surface area is 231 Å². The molecule has 0 N–H and O–H groups in total. The summed E-state index contributed by atoms with van der Waals surface area (Å²) < 4.78 is 27.1. The van der Waals surface area contributed by atoms with Crippen LogP contribution in [0.2, 0.25) is 0 Å². The van der Waals surface area contributed by atoms with Crippen molar-refractivity contribution in [2.45, 2.75) is 13.0 Å². The van der Waals surface area contributed by atoms with Gasteiger partial charge in [-0.15, -0.1) is 10.2 Å². The molecule has 0 aliphatic carbocycles. The van der Waals surface area contributed by atoms with Crippen molar-refractivity contribution in [3.05, 3.63) is 114 Å². The Kier molecular flexibility index (Phi) is 8.10. The first-order valence-electron chi connectivity index (χ1n) is 13.1. The van der Waals surface area contributed by atoms with E-state index in [0.29, 0.717) is 37.7 Å². The molecule has 0 unspecified atom stereocenters. The topological polar surface area (TPSA) is 69.6 Å². The predicted molar refractivity (Wildman–Crippen MR) is 149 cm³/mol. The Morgan fingerprint density at radius 1 is 0.825 bits per heavy atom. The number of nitrogens with zero attached hydrogens (tertiary/aromatic N) is 5. The number of amides is 2. The number of hydrogen-bond donors (Lipinski definition) is 0. The lowest BCUT2D eigenvalue weighted by atomic mass is 10.1. The summed E-state index contributed by atoms with van der Waals surface area (Å²) in [4.78, 5) is 32.1. The van der Waals surface area contributed by atoms with Gasteiger partial charge < -0.3 is 14.7 Å². The lowest BCUT2D eigenvalue weighted by Crippen LogP contribution is -2.52. The van der Waals surface area contributed by atoms with Gasteiger partial charge in [0.25, 0.3) is 5.91 Å². The summed E-state index contributed by atoms with van der Waals surface area (Å²) in [6, 6.07) is 24.4. The van der Waals surface area contributed by atoms with Crippen molar-refractivity contribution in [3.63, 3.8) is 0 Å². The van der Waals surface area contributed by atoms with Crippen LogP contribution in [0.1, 0.15) is 28.9 Å². The van der Waals surface area contributed by atoms with Crippen LogP contribution in [-0.2, 0) is 4.79 Å². The maximum absolute atomic E-state index is 13.9. The molecule has 1 fully saturated rings. The van der Waals surface area contributed by atoms with E-state index in [-0.39, 0.29) is 23.8 Å². The van der Waals surface area contributed by atoms with Crippen LogP contribution in [0.15, 0.2) is 91.0 Å². The van der Waals surface area contributed by atoms with Crippen molar-refractivity contribution in [2.24, 2.45) is 0 Å². The average molecular weight is 542 g/mol. The Bertz CT molecular complexity index is 1460. The van der Waals surface area contributed by atoms with Crippen LogP contribution in [-0.4, -0.2) is 64.5 Å². The third kappa shape index (κ3) is 6.14. The molecule has 1 aromatic heterocycles.